The molecule has 1 aliphatic heterocycles. The number of aliphatic hydroxyl groups is 1. The average molecular weight is 378 g/mol. The van der Waals surface area contributed by atoms with Crippen LogP contribution in [0.1, 0.15) is 49.3 Å². The third kappa shape index (κ3) is 3.87. The highest BCUT2D eigenvalue weighted by molar-refractivity contribution is 5.49. The summed E-state index contributed by atoms with van der Waals surface area (Å²) in [5.41, 5.74) is 1.90. The van der Waals surface area contributed by atoms with E-state index in [4.69, 9.17) is 4.74 Å². The summed E-state index contributed by atoms with van der Waals surface area (Å²) in [6, 6.07) is 19.0. The second kappa shape index (κ2) is 8.50. The SMILES string of the molecule is COc1ccccc1[C@H]1[C@@H]2CCCC[C@@]2(O)CCN1C/C=C/c1ccccc1. The highest BCUT2D eigenvalue weighted by Gasteiger charge is 2.49. The minimum Gasteiger partial charge on any atom is -0.496 e. The fraction of sp³-hybridized carbons (Fsp3) is 0.440. The van der Waals surface area contributed by atoms with Crippen LogP contribution in [-0.4, -0.2) is 35.8 Å². The van der Waals surface area contributed by atoms with Crippen LogP contribution in [0, 0.1) is 5.92 Å². The molecule has 1 aliphatic carbocycles. The second-order valence-electron chi connectivity index (χ2n) is 8.20. The van der Waals surface area contributed by atoms with Crippen molar-refractivity contribution in [2.24, 2.45) is 5.92 Å². The van der Waals surface area contributed by atoms with E-state index in [-0.39, 0.29) is 12.0 Å². The smallest absolute Gasteiger partial charge is 0.123 e. The van der Waals surface area contributed by atoms with Gasteiger partial charge in [0, 0.05) is 30.6 Å². The lowest BCUT2D eigenvalue weighted by molar-refractivity contribution is -0.122. The largest absolute Gasteiger partial charge is 0.496 e. The Morgan fingerprint density at radius 1 is 1.07 bits per heavy atom. The van der Waals surface area contributed by atoms with Crippen LogP contribution in [0.4, 0.5) is 0 Å². The van der Waals surface area contributed by atoms with Crippen LogP contribution in [0.5, 0.6) is 5.75 Å². The number of nitrogens with zero attached hydrogens (tertiary/aromatic N) is 1. The van der Waals surface area contributed by atoms with Crippen molar-refractivity contribution in [1.82, 2.24) is 4.90 Å². The van der Waals surface area contributed by atoms with Crippen molar-refractivity contribution in [2.75, 3.05) is 20.2 Å². The first-order valence-electron chi connectivity index (χ1n) is 10.5. The number of ether oxygens (including phenoxy) is 1. The second-order valence-corrected chi connectivity index (χ2v) is 8.20. The molecule has 4 rings (SSSR count). The fourth-order valence-electron chi connectivity index (χ4n) is 5.16. The van der Waals surface area contributed by atoms with Crippen molar-refractivity contribution >= 4 is 6.08 Å². The predicted molar refractivity (Wildman–Crippen MR) is 114 cm³/mol. The average Bonchev–Trinajstić information content (AvgIpc) is 2.74. The van der Waals surface area contributed by atoms with Gasteiger partial charge in [0.2, 0.25) is 0 Å². The Balaban J connectivity index is 1.63. The van der Waals surface area contributed by atoms with Gasteiger partial charge in [0.15, 0.2) is 0 Å². The number of hydrogen-bond donors (Lipinski definition) is 1. The Kier molecular flexibility index (Phi) is 5.84. The van der Waals surface area contributed by atoms with Gasteiger partial charge in [-0.15, -0.1) is 0 Å². The lowest BCUT2D eigenvalue weighted by Crippen LogP contribution is -2.54. The van der Waals surface area contributed by atoms with Crippen LogP contribution in [0.25, 0.3) is 6.08 Å². The summed E-state index contributed by atoms with van der Waals surface area (Å²) in [4.78, 5) is 2.53. The predicted octanol–water partition coefficient (Wildman–Crippen LogP) is 5.08. The number of rotatable bonds is 5. The summed E-state index contributed by atoms with van der Waals surface area (Å²) in [7, 11) is 1.74. The Morgan fingerprint density at radius 2 is 1.86 bits per heavy atom. The van der Waals surface area contributed by atoms with Gasteiger partial charge < -0.3 is 9.84 Å². The van der Waals surface area contributed by atoms with E-state index in [1.165, 1.54) is 17.5 Å². The van der Waals surface area contributed by atoms with Gasteiger partial charge in [0.05, 0.1) is 12.7 Å². The zero-order chi connectivity index (χ0) is 19.4. The lowest BCUT2D eigenvalue weighted by Gasteiger charge is -2.52. The van der Waals surface area contributed by atoms with Gasteiger partial charge in [0.1, 0.15) is 5.75 Å². The molecule has 0 amide bonds. The van der Waals surface area contributed by atoms with Crippen molar-refractivity contribution in [1.29, 1.82) is 0 Å². The van der Waals surface area contributed by atoms with E-state index in [0.717, 1.165) is 44.5 Å². The first-order valence-corrected chi connectivity index (χ1v) is 10.5. The number of fused-ring (bicyclic) bond motifs is 1. The third-order valence-electron chi connectivity index (χ3n) is 6.58. The molecular weight excluding hydrogens is 346 g/mol. The molecular formula is C25H31NO2. The maximum atomic E-state index is 11.4. The molecule has 2 aliphatic rings. The molecule has 0 bridgehead atoms. The summed E-state index contributed by atoms with van der Waals surface area (Å²) in [5, 5.41) is 11.4. The molecule has 1 heterocycles. The molecule has 0 aromatic heterocycles. The zero-order valence-corrected chi connectivity index (χ0v) is 16.8. The van der Waals surface area contributed by atoms with Crippen LogP contribution in [0.15, 0.2) is 60.7 Å². The number of likely N-dealkylation sites (tertiary alicyclic amines) is 1. The van der Waals surface area contributed by atoms with Gasteiger partial charge >= 0.3 is 0 Å². The van der Waals surface area contributed by atoms with Crippen molar-refractivity contribution in [2.45, 2.75) is 43.7 Å². The molecule has 1 saturated carbocycles. The van der Waals surface area contributed by atoms with Crippen molar-refractivity contribution in [3.05, 3.63) is 71.8 Å². The number of methoxy groups -OCH3 is 1. The topological polar surface area (TPSA) is 32.7 Å². The highest BCUT2D eigenvalue weighted by Crippen LogP contribution is 2.50. The van der Waals surface area contributed by atoms with E-state index in [0.29, 0.717) is 0 Å². The zero-order valence-electron chi connectivity index (χ0n) is 16.8. The molecule has 1 N–H and O–H groups in total. The third-order valence-corrected chi connectivity index (χ3v) is 6.58. The van der Waals surface area contributed by atoms with E-state index >= 15 is 0 Å². The molecule has 28 heavy (non-hydrogen) atoms. The molecule has 0 unspecified atom stereocenters. The maximum absolute atomic E-state index is 11.4. The van der Waals surface area contributed by atoms with E-state index in [2.05, 4.69) is 53.5 Å². The van der Waals surface area contributed by atoms with Gasteiger partial charge in [-0.1, -0.05) is 73.5 Å². The minimum atomic E-state index is -0.538. The lowest BCUT2D eigenvalue weighted by atomic mass is 9.66. The first kappa shape index (κ1) is 19.2. The van der Waals surface area contributed by atoms with Crippen molar-refractivity contribution in [3.63, 3.8) is 0 Å². The summed E-state index contributed by atoms with van der Waals surface area (Å²) in [5.74, 6) is 1.19. The maximum Gasteiger partial charge on any atom is 0.123 e. The van der Waals surface area contributed by atoms with Gasteiger partial charge in [-0.25, -0.2) is 0 Å². The van der Waals surface area contributed by atoms with Crippen LogP contribution < -0.4 is 4.74 Å². The molecule has 2 fully saturated rings. The van der Waals surface area contributed by atoms with Crippen molar-refractivity contribution < 1.29 is 9.84 Å². The normalized spacial score (nSPS) is 28.2. The molecule has 0 spiro atoms. The number of piperidine rings is 1. The first-order chi connectivity index (χ1) is 13.7. The van der Waals surface area contributed by atoms with Crippen LogP contribution in [-0.2, 0) is 0 Å². The number of hydrogen-bond acceptors (Lipinski definition) is 3. The molecule has 148 valence electrons. The van der Waals surface area contributed by atoms with Gasteiger partial charge in [-0.05, 0) is 30.9 Å². The Labute approximate surface area is 168 Å². The molecule has 2 aromatic rings. The molecule has 3 atom stereocenters. The molecule has 2 aromatic carbocycles. The minimum absolute atomic E-state index is 0.190. The van der Waals surface area contributed by atoms with Crippen molar-refractivity contribution in [3.8, 4) is 5.75 Å². The molecule has 3 nitrogen and oxygen atoms in total. The van der Waals surface area contributed by atoms with Gasteiger partial charge in [-0.2, -0.15) is 0 Å². The summed E-state index contributed by atoms with van der Waals surface area (Å²) >= 11 is 0. The summed E-state index contributed by atoms with van der Waals surface area (Å²) in [6.45, 7) is 1.79. The Hall–Kier alpha value is -2.10. The summed E-state index contributed by atoms with van der Waals surface area (Å²) < 4.78 is 5.71. The van der Waals surface area contributed by atoms with E-state index in [9.17, 15) is 5.11 Å². The highest BCUT2D eigenvalue weighted by atomic mass is 16.5. The van der Waals surface area contributed by atoms with E-state index < -0.39 is 5.60 Å². The van der Waals surface area contributed by atoms with E-state index in [1.807, 2.05) is 18.2 Å². The molecule has 1 saturated heterocycles. The monoisotopic (exact) mass is 377 g/mol. The van der Waals surface area contributed by atoms with Crippen LogP contribution in [0.2, 0.25) is 0 Å². The quantitative estimate of drug-likeness (QED) is 0.789. The van der Waals surface area contributed by atoms with Gasteiger partial charge in [0.25, 0.3) is 0 Å². The fourth-order valence-corrected chi connectivity index (χ4v) is 5.16. The Morgan fingerprint density at radius 3 is 2.68 bits per heavy atom. The van der Waals surface area contributed by atoms with Gasteiger partial charge in [-0.3, -0.25) is 4.90 Å². The van der Waals surface area contributed by atoms with Crippen LogP contribution >= 0.6 is 0 Å². The van der Waals surface area contributed by atoms with E-state index in [1.54, 1.807) is 7.11 Å². The van der Waals surface area contributed by atoms with Crippen LogP contribution in [0.3, 0.4) is 0 Å². The Bertz CT molecular complexity index is 803. The number of benzene rings is 2. The standard InChI is InChI=1S/C25H31NO2/c1-28-23-15-6-5-13-21(23)24-22-14-7-8-16-25(22,27)17-19-26(24)18-9-12-20-10-3-2-4-11-20/h2-6,9-13,15,22,24,27H,7-8,14,16-19H2,1H3/b12-9+/t22-,24-,25+/m0/s1. The molecule has 0 radical (unpaired) electrons. The molecule has 3 heteroatoms. The number of para-hydroxylation sites is 1. The summed E-state index contributed by atoms with van der Waals surface area (Å²) in [6.07, 6.45) is 9.66.